The number of alkyl halides is 2. The average molecular weight is 452 g/mol. The van der Waals surface area contributed by atoms with Crippen LogP contribution in [0.15, 0.2) is 48.7 Å². The van der Waals surface area contributed by atoms with E-state index < -0.39 is 11.7 Å². The Morgan fingerprint density at radius 2 is 1.88 bits per heavy atom. The summed E-state index contributed by atoms with van der Waals surface area (Å²) >= 11 is 0. The minimum atomic E-state index is -3.68. The number of rotatable bonds is 7. The van der Waals surface area contributed by atoms with Crippen molar-refractivity contribution in [3.05, 3.63) is 65.5 Å². The molecule has 33 heavy (non-hydrogen) atoms. The van der Waals surface area contributed by atoms with Crippen molar-refractivity contribution in [1.82, 2.24) is 9.97 Å². The van der Waals surface area contributed by atoms with Gasteiger partial charge in [-0.2, -0.15) is 0 Å². The summed E-state index contributed by atoms with van der Waals surface area (Å²) in [7, 11) is 1.56. The molecule has 170 valence electrons. The van der Waals surface area contributed by atoms with Crippen LogP contribution in [0.1, 0.15) is 36.6 Å². The van der Waals surface area contributed by atoms with Gasteiger partial charge in [0.1, 0.15) is 5.78 Å². The van der Waals surface area contributed by atoms with E-state index in [-0.39, 0.29) is 23.7 Å². The summed E-state index contributed by atoms with van der Waals surface area (Å²) < 4.78 is 40.9. The zero-order chi connectivity index (χ0) is 23.2. The van der Waals surface area contributed by atoms with Gasteiger partial charge in [0.05, 0.1) is 18.2 Å². The van der Waals surface area contributed by atoms with Crippen LogP contribution in [0.25, 0.3) is 11.3 Å². The zero-order valence-electron chi connectivity index (χ0n) is 18.2. The van der Waals surface area contributed by atoms with E-state index in [1.54, 1.807) is 25.4 Å². The lowest BCUT2D eigenvalue weighted by atomic mass is 9.88. The van der Waals surface area contributed by atoms with E-state index >= 15 is 0 Å². The van der Waals surface area contributed by atoms with Gasteiger partial charge in [0.15, 0.2) is 11.5 Å². The first-order valence-electron chi connectivity index (χ1n) is 10.8. The maximum Gasteiger partial charge on any atom is 0.586 e. The predicted octanol–water partition coefficient (Wildman–Crippen LogP) is 4.88. The Balaban J connectivity index is 1.40. The highest BCUT2D eigenvalue weighted by atomic mass is 19.3. The molecule has 0 spiro atoms. The highest BCUT2D eigenvalue weighted by Gasteiger charge is 2.52. The van der Waals surface area contributed by atoms with Gasteiger partial charge in [-0.3, -0.25) is 9.78 Å². The Labute approximate surface area is 189 Å². The number of aryl methyl sites for hydroxylation is 1. The monoisotopic (exact) mass is 452 g/mol. The lowest BCUT2D eigenvalue weighted by molar-refractivity contribution is -0.286. The Bertz CT molecular complexity index is 1220. The van der Waals surface area contributed by atoms with Gasteiger partial charge in [0.25, 0.3) is 0 Å². The summed E-state index contributed by atoms with van der Waals surface area (Å²) in [6.45, 7) is 2.05. The van der Waals surface area contributed by atoms with Gasteiger partial charge in [-0.25, -0.2) is 4.98 Å². The molecular weight excluding hydrogens is 430 g/mol. The molecule has 0 unspecified atom stereocenters. The van der Waals surface area contributed by atoms with Crippen LogP contribution in [0.3, 0.4) is 0 Å². The minimum absolute atomic E-state index is 0.00341. The van der Waals surface area contributed by atoms with Crippen molar-refractivity contribution >= 4 is 5.78 Å². The highest BCUT2D eigenvalue weighted by Crippen LogP contribution is 2.52. The van der Waals surface area contributed by atoms with Gasteiger partial charge in [-0.1, -0.05) is 19.1 Å². The molecule has 1 aliphatic heterocycles. The van der Waals surface area contributed by atoms with Gasteiger partial charge < -0.3 is 14.2 Å². The number of hydrogen-bond donors (Lipinski definition) is 0. The number of carbonyl (C=O) groups excluding carboxylic acids is 1. The molecule has 6 nitrogen and oxygen atoms in total. The molecule has 0 bridgehead atoms. The second-order valence-corrected chi connectivity index (χ2v) is 8.26. The van der Waals surface area contributed by atoms with E-state index in [1.807, 2.05) is 25.1 Å². The smallest absolute Gasteiger partial charge is 0.481 e. The van der Waals surface area contributed by atoms with Crippen molar-refractivity contribution in [3.8, 4) is 28.6 Å². The summed E-state index contributed by atoms with van der Waals surface area (Å²) in [5.74, 6) is 0.446. The van der Waals surface area contributed by atoms with Crippen LogP contribution < -0.4 is 14.2 Å². The molecule has 0 amide bonds. The normalized spacial score (nSPS) is 17.0. The predicted molar refractivity (Wildman–Crippen MR) is 116 cm³/mol. The second-order valence-electron chi connectivity index (χ2n) is 8.26. The molecule has 2 aromatic heterocycles. The van der Waals surface area contributed by atoms with Crippen LogP contribution >= 0.6 is 0 Å². The lowest BCUT2D eigenvalue weighted by Crippen LogP contribution is -2.26. The Hall–Kier alpha value is -3.55. The number of carbonyl (C=O) groups is 1. The number of hydrogen-bond acceptors (Lipinski definition) is 6. The number of pyridine rings is 2. The Morgan fingerprint density at radius 1 is 1.09 bits per heavy atom. The molecule has 1 aromatic carbocycles. The van der Waals surface area contributed by atoms with Crippen molar-refractivity contribution in [3.63, 3.8) is 0 Å². The zero-order valence-corrected chi connectivity index (χ0v) is 18.2. The van der Waals surface area contributed by atoms with Crippen LogP contribution in [-0.2, 0) is 23.1 Å². The van der Waals surface area contributed by atoms with Gasteiger partial charge in [-0.15, -0.1) is 8.78 Å². The molecule has 1 fully saturated rings. The number of ketones is 1. The van der Waals surface area contributed by atoms with Gasteiger partial charge in [0, 0.05) is 29.9 Å². The fourth-order valence-corrected chi connectivity index (χ4v) is 4.24. The molecule has 5 rings (SSSR count). The molecule has 1 aliphatic carbocycles. The van der Waals surface area contributed by atoms with E-state index in [0.29, 0.717) is 30.0 Å². The molecule has 0 saturated heterocycles. The number of halogens is 2. The summed E-state index contributed by atoms with van der Waals surface area (Å²) in [6, 6.07) is 12.1. The number of ether oxygens (including phenoxy) is 3. The summed E-state index contributed by atoms with van der Waals surface area (Å²) in [5.41, 5.74) is 3.30. The number of fused-ring (bicyclic) bond motifs is 1. The van der Waals surface area contributed by atoms with Crippen molar-refractivity contribution in [1.29, 1.82) is 0 Å². The molecule has 3 aromatic rings. The standard InChI is InChI=1S/C25H22F2N2O4/c1-3-15-4-7-18(29-23(15)16-5-9-22(31-2)28-14-16)13-21(30)24(10-11-24)17-6-8-19-20(12-17)33-25(26,27)32-19/h4-9,12,14H,3,10-11,13H2,1-2H3. The van der Waals surface area contributed by atoms with Crippen molar-refractivity contribution < 1.29 is 27.8 Å². The minimum Gasteiger partial charge on any atom is -0.481 e. The average Bonchev–Trinajstić information content (AvgIpc) is 3.56. The van der Waals surface area contributed by atoms with Crippen LogP contribution in [0.2, 0.25) is 0 Å². The van der Waals surface area contributed by atoms with Crippen molar-refractivity contribution in [2.24, 2.45) is 0 Å². The SMILES string of the molecule is CCc1ccc(CC(=O)C2(c3ccc4c(c3)OC(F)(F)O4)CC2)nc1-c1ccc(OC)nc1. The van der Waals surface area contributed by atoms with E-state index in [2.05, 4.69) is 14.5 Å². The molecule has 0 radical (unpaired) electrons. The number of Topliss-reactive ketones (excluding diaryl/α,β-unsaturated/α-hetero) is 1. The summed E-state index contributed by atoms with van der Waals surface area (Å²) in [5, 5.41) is 0. The van der Waals surface area contributed by atoms with Gasteiger partial charge >= 0.3 is 6.29 Å². The Morgan fingerprint density at radius 3 is 2.55 bits per heavy atom. The molecule has 2 aliphatic rings. The van der Waals surface area contributed by atoms with E-state index in [1.165, 1.54) is 12.1 Å². The largest absolute Gasteiger partial charge is 0.586 e. The number of nitrogens with zero attached hydrogens (tertiary/aromatic N) is 2. The number of benzene rings is 1. The number of methoxy groups -OCH3 is 1. The first kappa shape index (κ1) is 21.3. The second kappa shape index (κ2) is 7.79. The molecule has 0 atom stereocenters. The van der Waals surface area contributed by atoms with E-state index in [4.69, 9.17) is 9.72 Å². The van der Waals surface area contributed by atoms with Crippen molar-refractivity contribution in [2.45, 2.75) is 44.3 Å². The van der Waals surface area contributed by atoms with Gasteiger partial charge in [-0.05, 0) is 54.7 Å². The maximum absolute atomic E-state index is 13.4. The highest BCUT2D eigenvalue weighted by molar-refractivity contribution is 5.94. The van der Waals surface area contributed by atoms with Crippen LogP contribution in [0.5, 0.6) is 17.4 Å². The number of aromatic nitrogens is 2. The van der Waals surface area contributed by atoms with Crippen LogP contribution in [-0.4, -0.2) is 29.2 Å². The third-order valence-corrected chi connectivity index (χ3v) is 6.22. The quantitative estimate of drug-likeness (QED) is 0.509. The topological polar surface area (TPSA) is 70.5 Å². The van der Waals surface area contributed by atoms with E-state index in [9.17, 15) is 13.6 Å². The summed E-state index contributed by atoms with van der Waals surface area (Å²) in [4.78, 5) is 22.4. The van der Waals surface area contributed by atoms with E-state index in [0.717, 1.165) is 23.2 Å². The molecule has 0 N–H and O–H groups in total. The fraction of sp³-hybridized carbons (Fsp3) is 0.320. The van der Waals surface area contributed by atoms with Crippen molar-refractivity contribution in [2.75, 3.05) is 7.11 Å². The third kappa shape index (κ3) is 3.90. The molecule has 3 heterocycles. The third-order valence-electron chi connectivity index (χ3n) is 6.22. The molecule has 8 heteroatoms. The Kier molecular flexibility index (Phi) is 5.03. The summed E-state index contributed by atoms with van der Waals surface area (Å²) in [6.07, 6.45) is 0.268. The first-order chi connectivity index (χ1) is 15.8. The molecule has 1 saturated carbocycles. The maximum atomic E-state index is 13.4. The first-order valence-corrected chi connectivity index (χ1v) is 10.8. The van der Waals surface area contributed by atoms with Gasteiger partial charge in [0.2, 0.25) is 5.88 Å². The molecular formula is C25H22F2N2O4. The lowest BCUT2D eigenvalue weighted by Gasteiger charge is -2.16. The van der Waals surface area contributed by atoms with Crippen LogP contribution in [0, 0.1) is 0 Å². The van der Waals surface area contributed by atoms with Crippen LogP contribution in [0.4, 0.5) is 8.78 Å². The fourth-order valence-electron chi connectivity index (χ4n) is 4.24.